The van der Waals surface area contributed by atoms with Crippen LogP contribution in [0.15, 0.2) is 18.2 Å². The molecule has 0 fully saturated rings. The molecule has 1 amide bonds. The fourth-order valence-corrected chi connectivity index (χ4v) is 1.48. The largest absolute Gasteiger partial charge is 0.508 e. The van der Waals surface area contributed by atoms with Gasteiger partial charge in [-0.05, 0) is 17.0 Å². The third-order valence-corrected chi connectivity index (χ3v) is 2.12. The Morgan fingerprint density at radius 1 is 1.33 bits per heavy atom. The first kappa shape index (κ1) is 11.6. The maximum absolute atomic E-state index is 11.0. The highest BCUT2D eigenvalue weighted by atomic mass is 16.3. The minimum atomic E-state index is -0.133. The van der Waals surface area contributed by atoms with Crippen molar-refractivity contribution in [1.82, 2.24) is 0 Å². The summed E-state index contributed by atoms with van der Waals surface area (Å²) in [6.07, 6.45) is 0. The molecule has 0 aliphatic rings. The van der Waals surface area contributed by atoms with E-state index in [4.69, 9.17) is 0 Å². The Morgan fingerprint density at radius 2 is 1.93 bits per heavy atom. The zero-order chi connectivity index (χ0) is 11.6. The third kappa shape index (κ3) is 2.98. The van der Waals surface area contributed by atoms with E-state index in [2.05, 4.69) is 26.1 Å². The molecule has 0 spiro atoms. The van der Waals surface area contributed by atoms with Crippen LogP contribution < -0.4 is 5.32 Å². The van der Waals surface area contributed by atoms with Crippen LogP contribution in [0.2, 0.25) is 0 Å². The second-order valence-electron chi connectivity index (χ2n) is 4.66. The molecule has 3 nitrogen and oxygen atoms in total. The lowest BCUT2D eigenvalue weighted by atomic mass is 9.85. The number of hydrogen-bond acceptors (Lipinski definition) is 2. The molecule has 2 N–H and O–H groups in total. The van der Waals surface area contributed by atoms with Crippen molar-refractivity contribution in [3.05, 3.63) is 23.8 Å². The Hall–Kier alpha value is -1.51. The average Bonchev–Trinajstić information content (AvgIpc) is 1.99. The third-order valence-electron chi connectivity index (χ3n) is 2.12. The Kier molecular flexibility index (Phi) is 3.03. The van der Waals surface area contributed by atoms with Crippen molar-refractivity contribution in [2.45, 2.75) is 33.1 Å². The smallest absolute Gasteiger partial charge is 0.221 e. The summed E-state index contributed by atoms with van der Waals surface area (Å²) in [6, 6.07) is 5.04. The van der Waals surface area contributed by atoms with E-state index in [-0.39, 0.29) is 17.1 Å². The first-order chi connectivity index (χ1) is 6.80. The molecule has 0 unspecified atom stereocenters. The van der Waals surface area contributed by atoms with Crippen molar-refractivity contribution >= 4 is 11.6 Å². The fraction of sp³-hybridized carbons (Fsp3) is 0.417. The first-order valence-electron chi connectivity index (χ1n) is 4.92. The molecule has 0 aliphatic carbocycles. The van der Waals surface area contributed by atoms with Crippen molar-refractivity contribution in [2.75, 3.05) is 5.32 Å². The summed E-state index contributed by atoms with van der Waals surface area (Å²) in [7, 11) is 0. The summed E-state index contributed by atoms with van der Waals surface area (Å²) in [4.78, 5) is 11.0. The van der Waals surface area contributed by atoms with E-state index in [0.29, 0.717) is 5.69 Å². The van der Waals surface area contributed by atoms with Crippen LogP contribution in [0.3, 0.4) is 0 Å². The lowest BCUT2D eigenvalue weighted by Crippen LogP contribution is -2.16. The normalized spacial score (nSPS) is 11.2. The van der Waals surface area contributed by atoms with Gasteiger partial charge in [0.15, 0.2) is 0 Å². The molecule has 1 aromatic rings. The van der Waals surface area contributed by atoms with Crippen LogP contribution in [0.4, 0.5) is 5.69 Å². The van der Waals surface area contributed by atoms with Crippen molar-refractivity contribution in [1.29, 1.82) is 0 Å². The van der Waals surface area contributed by atoms with Gasteiger partial charge in [-0.25, -0.2) is 0 Å². The fourth-order valence-electron chi connectivity index (χ4n) is 1.48. The van der Waals surface area contributed by atoms with Gasteiger partial charge in [-0.1, -0.05) is 26.8 Å². The quantitative estimate of drug-likeness (QED) is 0.743. The standard InChI is InChI=1S/C12H17NO2/c1-8(14)13-11-7-9(15)5-6-10(11)12(2,3)4/h5-7,15H,1-4H3,(H,13,14). The number of carbonyl (C=O) groups is 1. The molecule has 1 aromatic carbocycles. The molecule has 0 aromatic heterocycles. The molecular weight excluding hydrogens is 190 g/mol. The topological polar surface area (TPSA) is 49.3 Å². The second kappa shape index (κ2) is 3.93. The van der Waals surface area contributed by atoms with Crippen molar-refractivity contribution in [3.8, 4) is 5.75 Å². The number of carbonyl (C=O) groups excluding carboxylic acids is 1. The van der Waals surface area contributed by atoms with E-state index < -0.39 is 0 Å². The minimum Gasteiger partial charge on any atom is -0.508 e. The van der Waals surface area contributed by atoms with Crippen LogP contribution in [0.25, 0.3) is 0 Å². The number of aromatic hydroxyl groups is 1. The number of nitrogens with one attached hydrogen (secondary N) is 1. The predicted octanol–water partition coefficient (Wildman–Crippen LogP) is 2.65. The van der Waals surface area contributed by atoms with Crippen molar-refractivity contribution < 1.29 is 9.90 Å². The highest BCUT2D eigenvalue weighted by Gasteiger charge is 2.18. The number of rotatable bonds is 1. The van der Waals surface area contributed by atoms with Crippen LogP contribution in [-0.2, 0) is 10.2 Å². The Bertz CT molecular complexity index is 378. The van der Waals surface area contributed by atoms with E-state index in [1.807, 2.05) is 6.07 Å². The Balaban J connectivity index is 3.20. The van der Waals surface area contributed by atoms with Crippen LogP contribution in [0.5, 0.6) is 5.75 Å². The summed E-state index contributed by atoms with van der Waals surface area (Å²) >= 11 is 0. The van der Waals surface area contributed by atoms with Gasteiger partial charge >= 0.3 is 0 Å². The SMILES string of the molecule is CC(=O)Nc1cc(O)ccc1C(C)(C)C. The van der Waals surface area contributed by atoms with Crippen LogP contribution in [0, 0.1) is 0 Å². The molecule has 0 bridgehead atoms. The molecular formula is C12H17NO2. The number of benzene rings is 1. The number of phenolic OH excluding ortho intramolecular Hbond substituents is 1. The Labute approximate surface area is 90.1 Å². The second-order valence-corrected chi connectivity index (χ2v) is 4.66. The van der Waals surface area contributed by atoms with Gasteiger partial charge in [0.2, 0.25) is 5.91 Å². The van der Waals surface area contributed by atoms with Gasteiger partial charge in [-0.3, -0.25) is 4.79 Å². The monoisotopic (exact) mass is 207 g/mol. The molecule has 0 saturated heterocycles. The molecule has 0 aliphatic heterocycles. The van der Waals surface area contributed by atoms with Gasteiger partial charge in [0.05, 0.1) is 0 Å². The van der Waals surface area contributed by atoms with E-state index in [0.717, 1.165) is 5.56 Å². The van der Waals surface area contributed by atoms with Gasteiger partial charge in [0, 0.05) is 18.7 Å². The maximum Gasteiger partial charge on any atom is 0.221 e. The van der Waals surface area contributed by atoms with Gasteiger partial charge in [0.25, 0.3) is 0 Å². The minimum absolute atomic E-state index is 0.0640. The van der Waals surface area contributed by atoms with E-state index in [1.54, 1.807) is 12.1 Å². The zero-order valence-corrected chi connectivity index (χ0v) is 9.59. The number of hydrogen-bond donors (Lipinski definition) is 2. The average molecular weight is 207 g/mol. The van der Waals surface area contributed by atoms with Crippen molar-refractivity contribution in [2.24, 2.45) is 0 Å². The van der Waals surface area contributed by atoms with Crippen LogP contribution in [-0.4, -0.2) is 11.0 Å². The lowest BCUT2D eigenvalue weighted by Gasteiger charge is -2.22. The van der Waals surface area contributed by atoms with E-state index in [9.17, 15) is 9.90 Å². The number of phenols is 1. The number of anilines is 1. The van der Waals surface area contributed by atoms with Gasteiger partial charge in [-0.15, -0.1) is 0 Å². The maximum atomic E-state index is 11.0. The molecule has 15 heavy (non-hydrogen) atoms. The molecule has 3 heteroatoms. The van der Waals surface area contributed by atoms with Gasteiger partial charge < -0.3 is 10.4 Å². The Morgan fingerprint density at radius 3 is 2.40 bits per heavy atom. The highest BCUT2D eigenvalue weighted by molar-refractivity contribution is 5.90. The number of amides is 1. The summed E-state index contributed by atoms with van der Waals surface area (Å²) in [5.41, 5.74) is 1.62. The molecule has 0 radical (unpaired) electrons. The zero-order valence-electron chi connectivity index (χ0n) is 9.59. The molecule has 0 atom stereocenters. The predicted molar refractivity (Wildman–Crippen MR) is 61.1 cm³/mol. The molecule has 0 saturated carbocycles. The molecule has 82 valence electrons. The lowest BCUT2D eigenvalue weighted by molar-refractivity contribution is -0.114. The van der Waals surface area contributed by atoms with Crippen molar-refractivity contribution in [3.63, 3.8) is 0 Å². The summed E-state index contributed by atoms with van der Waals surface area (Å²) in [6.45, 7) is 7.64. The van der Waals surface area contributed by atoms with E-state index >= 15 is 0 Å². The summed E-state index contributed by atoms with van der Waals surface area (Å²) in [5, 5.41) is 12.1. The highest BCUT2D eigenvalue weighted by Crippen LogP contribution is 2.31. The first-order valence-corrected chi connectivity index (χ1v) is 4.92. The molecule has 0 heterocycles. The van der Waals surface area contributed by atoms with E-state index in [1.165, 1.54) is 6.92 Å². The summed E-state index contributed by atoms with van der Waals surface area (Å²) in [5.74, 6) is 0.0258. The summed E-state index contributed by atoms with van der Waals surface area (Å²) < 4.78 is 0. The van der Waals surface area contributed by atoms with Gasteiger partial charge in [-0.2, -0.15) is 0 Å². The molecule has 1 rings (SSSR count). The van der Waals surface area contributed by atoms with Crippen LogP contribution in [0.1, 0.15) is 33.3 Å². The van der Waals surface area contributed by atoms with Crippen LogP contribution >= 0.6 is 0 Å². The van der Waals surface area contributed by atoms with Gasteiger partial charge in [0.1, 0.15) is 5.75 Å².